The topological polar surface area (TPSA) is 73.3 Å². The zero-order valence-corrected chi connectivity index (χ0v) is 9.68. The van der Waals surface area contributed by atoms with E-state index in [0.29, 0.717) is 18.5 Å². The molecule has 6 heteroatoms. The summed E-state index contributed by atoms with van der Waals surface area (Å²) in [5.74, 6) is -0.163. The van der Waals surface area contributed by atoms with E-state index in [9.17, 15) is 4.79 Å². The van der Waals surface area contributed by atoms with Crippen LogP contribution in [0.4, 0.5) is 0 Å². The minimum atomic E-state index is -0.512. The van der Waals surface area contributed by atoms with Crippen molar-refractivity contribution in [2.75, 3.05) is 20.3 Å². The average molecular weight is 237 g/mol. The maximum absolute atomic E-state index is 11.2. The van der Waals surface area contributed by atoms with Crippen molar-refractivity contribution in [2.45, 2.75) is 18.9 Å². The van der Waals surface area contributed by atoms with Gasteiger partial charge in [0.25, 0.3) is 0 Å². The molecule has 1 aliphatic rings. The minimum Gasteiger partial charge on any atom is -0.475 e. The van der Waals surface area contributed by atoms with E-state index >= 15 is 0 Å². The lowest BCUT2D eigenvalue weighted by molar-refractivity contribution is 0.0592. The number of hydrogen-bond donors (Lipinski definition) is 1. The summed E-state index contributed by atoms with van der Waals surface area (Å²) >= 11 is 0. The first kappa shape index (κ1) is 11.8. The lowest BCUT2D eigenvalue weighted by Crippen LogP contribution is -2.28. The van der Waals surface area contributed by atoms with Crippen LogP contribution >= 0.6 is 0 Å². The van der Waals surface area contributed by atoms with Gasteiger partial charge in [0.15, 0.2) is 5.69 Å². The highest BCUT2D eigenvalue weighted by Gasteiger charge is 2.15. The van der Waals surface area contributed by atoms with Gasteiger partial charge in [-0.05, 0) is 19.4 Å². The van der Waals surface area contributed by atoms with Crippen LogP contribution in [-0.2, 0) is 4.74 Å². The number of rotatable bonds is 4. The van der Waals surface area contributed by atoms with Crippen molar-refractivity contribution < 1.29 is 14.3 Å². The second-order valence-electron chi connectivity index (χ2n) is 3.84. The molecule has 1 atom stereocenters. The van der Waals surface area contributed by atoms with Crippen LogP contribution < -0.4 is 10.1 Å². The second kappa shape index (κ2) is 5.58. The molecule has 1 saturated heterocycles. The number of carbonyl (C=O) groups is 1. The molecular weight excluding hydrogens is 222 g/mol. The highest BCUT2D eigenvalue weighted by Crippen LogP contribution is 2.09. The smallest absolute Gasteiger partial charge is 0.358 e. The normalized spacial score (nSPS) is 19.0. The number of nitrogens with one attached hydrogen (secondary N) is 1. The summed E-state index contributed by atoms with van der Waals surface area (Å²) in [6.07, 6.45) is 5.11. The molecule has 6 nitrogen and oxygen atoms in total. The third-order valence-electron chi connectivity index (χ3n) is 2.60. The van der Waals surface area contributed by atoms with Crippen LogP contribution in [0, 0.1) is 0 Å². The molecule has 17 heavy (non-hydrogen) atoms. The highest BCUT2D eigenvalue weighted by atomic mass is 16.5. The minimum absolute atomic E-state index is 0.157. The Bertz CT molecular complexity index is 391. The molecule has 0 aromatic carbocycles. The molecule has 0 spiro atoms. The molecule has 0 saturated carbocycles. The molecule has 0 radical (unpaired) electrons. The monoisotopic (exact) mass is 237 g/mol. The summed E-state index contributed by atoms with van der Waals surface area (Å²) < 4.78 is 10.0. The fourth-order valence-corrected chi connectivity index (χ4v) is 1.71. The van der Waals surface area contributed by atoms with Crippen molar-refractivity contribution in [2.24, 2.45) is 0 Å². The number of carbonyl (C=O) groups excluding carboxylic acids is 1. The Morgan fingerprint density at radius 3 is 3.18 bits per heavy atom. The number of methoxy groups -OCH3 is 1. The Labute approximate surface area is 99.4 Å². The molecule has 2 rings (SSSR count). The van der Waals surface area contributed by atoms with Gasteiger partial charge in [-0.2, -0.15) is 0 Å². The summed E-state index contributed by atoms with van der Waals surface area (Å²) in [6, 6.07) is 0.360. The third kappa shape index (κ3) is 3.13. The first-order chi connectivity index (χ1) is 8.29. The van der Waals surface area contributed by atoms with Crippen LogP contribution in [0.2, 0.25) is 0 Å². The molecule has 1 aliphatic heterocycles. The van der Waals surface area contributed by atoms with E-state index in [1.807, 2.05) is 0 Å². The lowest BCUT2D eigenvalue weighted by atomic mass is 10.2. The van der Waals surface area contributed by atoms with Crippen LogP contribution in [-0.4, -0.2) is 42.2 Å². The summed E-state index contributed by atoms with van der Waals surface area (Å²) in [4.78, 5) is 19.1. The largest absolute Gasteiger partial charge is 0.475 e. The molecule has 1 aromatic heterocycles. The molecule has 0 amide bonds. The van der Waals surface area contributed by atoms with Gasteiger partial charge in [-0.3, -0.25) is 4.98 Å². The van der Waals surface area contributed by atoms with Crippen molar-refractivity contribution in [3.8, 4) is 5.88 Å². The summed E-state index contributed by atoms with van der Waals surface area (Å²) in [7, 11) is 1.31. The van der Waals surface area contributed by atoms with Gasteiger partial charge >= 0.3 is 5.97 Å². The van der Waals surface area contributed by atoms with Gasteiger partial charge in [0, 0.05) is 6.04 Å². The van der Waals surface area contributed by atoms with E-state index in [1.165, 1.54) is 25.9 Å². The first-order valence-corrected chi connectivity index (χ1v) is 5.56. The van der Waals surface area contributed by atoms with Crippen molar-refractivity contribution in [1.29, 1.82) is 0 Å². The molecule has 1 aromatic rings. The molecule has 0 bridgehead atoms. The SMILES string of the molecule is COC(=O)c1cncc(OCC2CCCN2)n1. The molecule has 0 aliphatic carbocycles. The number of ether oxygens (including phenoxy) is 2. The Morgan fingerprint density at radius 1 is 1.59 bits per heavy atom. The van der Waals surface area contributed by atoms with Gasteiger partial charge in [-0.1, -0.05) is 0 Å². The second-order valence-corrected chi connectivity index (χ2v) is 3.84. The zero-order valence-electron chi connectivity index (χ0n) is 9.68. The van der Waals surface area contributed by atoms with Gasteiger partial charge < -0.3 is 14.8 Å². The van der Waals surface area contributed by atoms with E-state index < -0.39 is 5.97 Å². The van der Waals surface area contributed by atoms with Crippen LogP contribution in [0.25, 0.3) is 0 Å². The molecule has 1 N–H and O–H groups in total. The molecule has 2 heterocycles. The molecule has 92 valence electrons. The first-order valence-electron chi connectivity index (χ1n) is 5.56. The van der Waals surface area contributed by atoms with Crippen molar-refractivity contribution >= 4 is 5.97 Å². The molecule has 1 unspecified atom stereocenters. The summed E-state index contributed by atoms with van der Waals surface area (Å²) in [6.45, 7) is 1.57. The predicted octanol–water partition coefficient (Wildman–Crippen LogP) is 0.394. The Hall–Kier alpha value is -1.69. The molecular formula is C11H15N3O3. The van der Waals surface area contributed by atoms with Crippen LogP contribution in [0.1, 0.15) is 23.3 Å². The Morgan fingerprint density at radius 2 is 2.47 bits per heavy atom. The van der Waals surface area contributed by atoms with Gasteiger partial charge in [-0.15, -0.1) is 0 Å². The summed E-state index contributed by atoms with van der Waals surface area (Å²) in [5.41, 5.74) is 0.157. The number of hydrogen-bond acceptors (Lipinski definition) is 6. The fourth-order valence-electron chi connectivity index (χ4n) is 1.71. The van der Waals surface area contributed by atoms with E-state index in [1.54, 1.807) is 0 Å². The number of aromatic nitrogens is 2. The Kier molecular flexibility index (Phi) is 3.87. The maximum atomic E-state index is 11.2. The zero-order chi connectivity index (χ0) is 12.1. The van der Waals surface area contributed by atoms with Gasteiger partial charge in [-0.25, -0.2) is 9.78 Å². The number of esters is 1. The standard InChI is InChI=1S/C11H15N3O3/c1-16-11(15)9-5-12-6-10(14-9)17-7-8-3-2-4-13-8/h5-6,8,13H,2-4,7H2,1H3. The van der Waals surface area contributed by atoms with Crippen molar-refractivity contribution in [3.63, 3.8) is 0 Å². The number of nitrogens with zero attached hydrogens (tertiary/aromatic N) is 2. The highest BCUT2D eigenvalue weighted by molar-refractivity contribution is 5.86. The van der Waals surface area contributed by atoms with E-state index in [4.69, 9.17) is 4.74 Å². The van der Waals surface area contributed by atoms with Crippen molar-refractivity contribution in [1.82, 2.24) is 15.3 Å². The summed E-state index contributed by atoms with van der Waals surface area (Å²) in [5, 5.41) is 3.31. The van der Waals surface area contributed by atoms with Crippen LogP contribution in [0.5, 0.6) is 5.88 Å². The third-order valence-corrected chi connectivity index (χ3v) is 2.60. The van der Waals surface area contributed by atoms with Gasteiger partial charge in [0.2, 0.25) is 5.88 Å². The van der Waals surface area contributed by atoms with Crippen LogP contribution in [0.15, 0.2) is 12.4 Å². The fraction of sp³-hybridized carbons (Fsp3) is 0.545. The Balaban J connectivity index is 1.93. The molecule has 1 fully saturated rings. The average Bonchev–Trinajstić information content (AvgIpc) is 2.89. The van der Waals surface area contributed by atoms with E-state index in [-0.39, 0.29) is 5.69 Å². The van der Waals surface area contributed by atoms with Crippen LogP contribution in [0.3, 0.4) is 0 Å². The lowest BCUT2D eigenvalue weighted by Gasteiger charge is -2.11. The van der Waals surface area contributed by atoms with E-state index in [0.717, 1.165) is 13.0 Å². The van der Waals surface area contributed by atoms with Gasteiger partial charge in [0.1, 0.15) is 6.61 Å². The van der Waals surface area contributed by atoms with Gasteiger partial charge in [0.05, 0.1) is 19.5 Å². The predicted molar refractivity (Wildman–Crippen MR) is 59.9 cm³/mol. The van der Waals surface area contributed by atoms with E-state index in [2.05, 4.69) is 20.0 Å². The quantitative estimate of drug-likeness (QED) is 0.764. The maximum Gasteiger partial charge on any atom is 0.358 e. The van der Waals surface area contributed by atoms with Crippen molar-refractivity contribution in [3.05, 3.63) is 18.1 Å².